The first kappa shape index (κ1) is 24.0. The minimum atomic E-state index is -0.575. The number of nitrogens with zero attached hydrogens (tertiary/aromatic N) is 5. The number of methoxy groups -OCH3 is 1. The van der Waals surface area contributed by atoms with Gasteiger partial charge in [0.05, 0.1) is 20.3 Å². The van der Waals surface area contributed by atoms with Crippen LogP contribution < -0.4 is 9.47 Å². The molecular formula is C26H23ClFN5O3. The van der Waals surface area contributed by atoms with Gasteiger partial charge in [-0.1, -0.05) is 11.6 Å². The summed E-state index contributed by atoms with van der Waals surface area (Å²) in [6.07, 6.45) is 4.88. The van der Waals surface area contributed by atoms with Crippen LogP contribution in [0, 0.1) is 12.7 Å². The van der Waals surface area contributed by atoms with Gasteiger partial charge >= 0.3 is 0 Å². The number of benzene rings is 2. The van der Waals surface area contributed by atoms with Gasteiger partial charge in [0.2, 0.25) is 5.88 Å². The summed E-state index contributed by atoms with van der Waals surface area (Å²) in [4.78, 5) is 13.2. The number of aryl methyl sites for hydroxylation is 1. The van der Waals surface area contributed by atoms with Gasteiger partial charge in [0.15, 0.2) is 5.82 Å². The third-order valence-corrected chi connectivity index (χ3v) is 6.13. The fourth-order valence-corrected chi connectivity index (χ4v) is 4.15. The second kappa shape index (κ2) is 10.5. The Hall–Kier alpha value is -3.69. The number of pyridine rings is 1. The summed E-state index contributed by atoms with van der Waals surface area (Å²) in [5.41, 5.74) is 3.57. The van der Waals surface area contributed by atoms with Crippen LogP contribution >= 0.6 is 11.6 Å². The van der Waals surface area contributed by atoms with E-state index in [0.29, 0.717) is 24.7 Å². The molecule has 184 valence electrons. The van der Waals surface area contributed by atoms with Gasteiger partial charge in [-0.3, -0.25) is 0 Å². The third kappa shape index (κ3) is 5.12. The molecule has 0 unspecified atom stereocenters. The van der Waals surface area contributed by atoms with Gasteiger partial charge in [-0.15, -0.1) is 10.2 Å². The molecule has 4 aromatic rings. The molecule has 0 radical (unpaired) electrons. The summed E-state index contributed by atoms with van der Waals surface area (Å²) in [7, 11) is 1.49. The standard InChI is InChI=1S/C26H23ClFN5O3/c1-15-20-9-16(11-24(25(20)31-14-30-15)36-19-5-7-35-8-6-19)17-10-23(26(34-2)29-13-17)33-32-22-4-3-18(27)12-21(22)28/h3-4,9-14,19H,5-8H2,1-2H3. The summed E-state index contributed by atoms with van der Waals surface area (Å²) in [6.45, 7) is 3.27. The maximum Gasteiger partial charge on any atom is 0.241 e. The largest absolute Gasteiger partial charge is 0.488 e. The summed E-state index contributed by atoms with van der Waals surface area (Å²) in [6, 6.07) is 9.89. The molecule has 1 aliphatic rings. The number of azo groups is 1. The van der Waals surface area contributed by atoms with E-state index in [1.807, 2.05) is 19.1 Å². The molecule has 1 aliphatic heterocycles. The summed E-state index contributed by atoms with van der Waals surface area (Å²) < 4.78 is 31.4. The van der Waals surface area contributed by atoms with E-state index in [4.69, 9.17) is 25.8 Å². The first-order valence-corrected chi connectivity index (χ1v) is 11.8. The van der Waals surface area contributed by atoms with Crippen molar-refractivity contribution in [1.82, 2.24) is 15.0 Å². The Morgan fingerprint density at radius 3 is 2.58 bits per heavy atom. The van der Waals surface area contributed by atoms with Crippen molar-refractivity contribution in [2.45, 2.75) is 25.9 Å². The van der Waals surface area contributed by atoms with Crippen molar-refractivity contribution in [2.75, 3.05) is 20.3 Å². The predicted molar refractivity (Wildman–Crippen MR) is 134 cm³/mol. The molecule has 36 heavy (non-hydrogen) atoms. The first-order chi connectivity index (χ1) is 17.5. The highest BCUT2D eigenvalue weighted by Gasteiger charge is 2.19. The van der Waals surface area contributed by atoms with E-state index in [2.05, 4.69) is 25.2 Å². The number of aromatic nitrogens is 3. The maximum absolute atomic E-state index is 14.2. The molecule has 2 aromatic carbocycles. The molecule has 0 saturated carbocycles. The van der Waals surface area contributed by atoms with Gasteiger partial charge in [0, 0.05) is 40.7 Å². The van der Waals surface area contributed by atoms with Gasteiger partial charge in [0.25, 0.3) is 0 Å². The van der Waals surface area contributed by atoms with Crippen molar-refractivity contribution in [1.29, 1.82) is 0 Å². The number of fused-ring (bicyclic) bond motifs is 1. The van der Waals surface area contributed by atoms with E-state index in [-0.39, 0.29) is 22.7 Å². The first-order valence-electron chi connectivity index (χ1n) is 11.4. The van der Waals surface area contributed by atoms with Crippen LogP contribution in [0.1, 0.15) is 18.5 Å². The van der Waals surface area contributed by atoms with E-state index in [0.717, 1.165) is 40.6 Å². The van der Waals surface area contributed by atoms with Crippen molar-refractivity contribution in [3.63, 3.8) is 0 Å². The number of ether oxygens (including phenoxy) is 3. The quantitative estimate of drug-likeness (QED) is 0.267. The normalized spacial score (nSPS) is 14.4. The molecule has 0 aliphatic carbocycles. The Bertz CT molecular complexity index is 1440. The molecule has 1 saturated heterocycles. The van der Waals surface area contributed by atoms with Crippen LogP contribution in [0.5, 0.6) is 11.6 Å². The van der Waals surface area contributed by atoms with Crippen LogP contribution in [0.2, 0.25) is 5.02 Å². The summed E-state index contributed by atoms with van der Waals surface area (Å²) in [5, 5.41) is 9.39. The van der Waals surface area contributed by atoms with Crippen LogP contribution in [-0.2, 0) is 4.74 Å². The zero-order valence-electron chi connectivity index (χ0n) is 19.7. The topological polar surface area (TPSA) is 91.1 Å². The second-order valence-electron chi connectivity index (χ2n) is 8.31. The minimum Gasteiger partial charge on any atom is -0.488 e. The third-order valence-electron chi connectivity index (χ3n) is 5.90. The molecule has 5 rings (SSSR count). The van der Waals surface area contributed by atoms with Crippen LogP contribution in [0.4, 0.5) is 15.8 Å². The van der Waals surface area contributed by atoms with Gasteiger partial charge in [-0.2, -0.15) is 0 Å². The molecule has 0 spiro atoms. The zero-order valence-corrected chi connectivity index (χ0v) is 20.5. The molecule has 1 fully saturated rings. The lowest BCUT2D eigenvalue weighted by molar-refractivity contribution is 0.0261. The van der Waals surface area contributed by atoms with E-state index in [9.17, 15) is 4.39 Å². The molecule has 0 atom stereocenters. The lowest BCUT2D eigenvalue weighted by Gasteiger charge is -2.24. The lowest BCUT2D eigenvalue weighted by Crippen LogP contribution is -2.26. The Balaban J connectivity index is 1.56. The van der Waals surface area contributed by atoms with E-state index in [1.165, 1.54) is 25.6 Å². The van der Waals surface area contributed by atoms with Crippen molar-refractivity contribution >= 4 is 33.9 Å². The van der Waals surface area contributed by atoms with Crippen LogP contribution in [0.25, 0.3) is 22.0 Å². The molecule has 8 nitrogen and oxygen atoms in total. The summed E-state index contributed by atoms with van der Waals surface area (Å²) >= 11 is 5.83. The van der Waals surface area contributed by atoms with Gasteiger partial charge in [0.1, 0.15) is 35.1 Å². The number of rotatable bonds is 6. The SMILES string of the molecule is COc1ncc(-c2cc(OC3CCOCC3)c3ncnc(C)c3c2)cc1N=Nc1ccc(Cl)cc1F. The van der Waals surface area contributed by atoms with E-state index < -0.39 is 5.82 Å². The molecule has 0 amide bonds. The van der Waals surface area contributed by atoms with Gasteiger partial charge in [-0.25, -0.2) is 19.3 Å². The van der Waals surface area contributed by atoms with Crippen LogP contribution in [0.15, 0.2) is 59.2 Å². The Labute approximate surface area is 212 Å². The van der Waals surface area contributed by atoms with Gasteiger partial charge < -0.3 is 14.2 Å². The zero-order chi connectivity index (χ0) is 25.1. The van der Waals surface area contributed by atoms with Crippen molar-refractivity contribution < 1.29 is 18.6 Å². The predicted octanol–water partition coefficient (Wildman–Crippen LogP) is 6.77. The van der Waals surface area contributed by atoms with Crippen LogP contribution in [0.3, 0.4) is 0 Å². The highest BCUT2D eigenvalue weighted by molar-refractivity contribution is 6.30. The maximum atomic E-state index is 14.2. The average Bonchev–Trinajstić information content (AvgIpc) is 2.89. The van der Waals surface area contributed by atoms with Crippen molar-refractivity contribution in [3.8, 4) is 22.8 Å². The highest BCUT2D eigenvalue weighted by Crippen LogP contribution is 2.37. The molecule has 3 heterocycles. The fraction of sp³-hybridized carbons (Fsp3) is 0.269. The molecule has 0 bridgehead atoms. The van der Waals surface area contributed by atoms with Gasteiger partial charge in [-0.05, 0) is 48.9 Å². The lowest BCUT2D eigenvalue weighted by atomic mass is 10.0. The van der Waals surface area contributed by atoms with Crippen molar-refractivity contribution in [2.24, 2.45) is 10.2 Å². The highest BCUT2D eigenvalue weighted by atomic mass is 35.5. The van der Waals surface area contributed by atoms with Crippen molar-refractivity contribution in [3.05, 3.63) is 65.5 Å². The molecule has 2 aromatic heterocycles. The fourth-order valence-electron chi connectivity index (χ4n) is 3.99. The second-order valence-corrected chi connectivity index (χ2v) is 8.74. The molecule has 10 heteroatoms. The Kier molecular flexibility index (Phi) is 7.02. The number of halogens is 2. The minimum absolute atomic E-state index is 0.0418. The Morgan fingerprint density at radius 1 is 1.00 bits per heavy atom. The van der Waals surface area contributed by atoms with E-state index >= 15 is 0 Å². The van der Waals surface area contributed by atoms with Crippen LogP contribution in [-0.4, -0.2) is 41.4 Å². The monoisotopic (exact) mass is 507 g/mol. The number of hydrogen-bond acceptors (Lipinski definition) is 8. The Morgan fingerprint density at radius 2 is 1.81 bits per heavy atom. The van der Waals surface area contributed by atoms with E-state index in [1.54, 1.807) is 18.3 Å². The average molecular weight is 508 g/mol. The molecular weight excluding hydrogens is 485 g/mol. The molecule has 0 N–H and O–H groups in total. The summed E-state index contributed by atoms with van der Waals surface area (Å²) in [5.74, 6) is 0.354. The smallest absolute Gasteiger partial charge is 0.241 e. The number of hydrogen-bond donors (Lipinski definition) is 0.